The SMILES string of the molecule is Cc1ccc2c(c1)B1c3cc4c(cc3N(c3ccccc3)c3cc(Oc5ccccc5)cc(c31)S2)N(c1ccccc1)c1cc(Oc2ccccc2)cc2c1B4c1c(C)cccc1S2. The van der Waals surface area contributed by atoms with Crippen LogP contribution in [0, 0.1) is 13.8 Å². The van der Waals surface area contributed by atoms with Crippen LogP contribution < -0.4 is 52.1 Å². The molecule has 8 heteroatoms. The maximum absolute atomic E-state index is 6.72. The van der Waals surface area contributed by atoms with Gasteiger partial charge in [0.15, 0.2) is 0 Å². The molecule has 0 bridgehead atoms. The molecule has 0 spiro atoms. The van der Waals surface area contributed by atoms with Crippen molar-refractivity contribution in [1.82, 2.24) is 0 Å². The summed E-state index contributed by atoms with van der Waals surface area (Å²) >= 11 is 3.71. The average molecular weight is 857 g/mol. The number of para-hydroxylation sites is 4. The van der Waals surface area contributed by atoms with Gasteiger partial charge in [-0.1, -0.05) is 149 Å². The Kier molecular flexibility index (Phi) is 8.69. The fourth-order valence-corrected chi connectivity index (χ4v) is 12.8. The van der Waals surface area contributed by atoms with E-state index in [0.717, 1.165) is 57.1 Å². The van der Waals surface area contributed by atoms with Crippen molar-refractivity contribution in [1.29, 1.82) is 0 Å². The van der Waals surface area contributed by atoms with Gasteiger partial charge in [-0.15, -0.1) is 0 Å². The van der Waals surface area contributed by atoms with E-state index in [1.165, 1.54) is 63.5 Å². The van der Waals surface area contributed by atoms with Gasteiger partial charge < -0.3 is 19.3 Å². The van der Waals surface area contributed by atoms with E-state index in [1.807, 2.05) is 84.2 Å². The number of aryl methyl sites for hydroxylation is 2. The number of hydrogen-bond donors (Lipinski definition) is 0. The largest absolute Gasteiger partial charge is 0.457 e. The Morgan fingerprint density at radius 2 is 0.875 bits per heavy atom. The van der Waals surface area contributed by atoms with E-state index in [0.29, 0.717) is 0 Å². The zero-order valence-electron chi connectivity index (χ0n) is 35.2. The quantitative estimate of drug-likeness (QED) is 0.155. The van der Waals surface area contributed by atoms with Gasteiger partial charge in [0.25, 0.3) is 0 Å². The van der Waals surface area contributed by atoms with E-state index in [2.05, 4.69) is 157 Å². The maximum atomic E-state index is 6.72. The van der Waals surface area contributed by atoms with Gasteiger partial charge in [0.2, 0.25) is 13.4 Å². The molecule has 64 heavy (non-hydrogen) atoms. The van der Waals surface area contributed by atoms with Crippen molar-refractivity contribution in [3.63, 3.8) is 0 Å². The molecule has 302 valence electrons. The van der Waals surface area contributed by atoms with Crippen LogP contribution in [-0.4, -0.2) is 13.4 Å². The number of hydrogen-bond acceptors (Lipinski definition) is 6. The number of ether oxygens (including phenoxy) is 2. The first kappa shape index (κ1) is 37.6. The van der Waals surface area contributed by atoms with Crippen LogP contribution in [0.5, 0.6) is 23.0 Å². The molecule has 0 atom stereocenters. The minimum atomic E-state index is -0.00538. The predicted octanol–water partition coefficient (Wildman–Crippen LogP) is 11.4. The summed E-state index contributed by atoms with van der Waals surface area (Å²) in [7, 11) is 0. The van der Waals surface area contributed by atoms with Gasteiger partial charge in [0.05, 0.1) is 0 Å². The summed E-state index contributed by atoms with van der Waals surface area (Å²) < 4.78 is 13.4. The van der Waals surface area contributed by atoms with Crippen molar-refractivity contribution < 1.29 is 9.47 Å². The van der Waals surface area contributed by atoms with Gasteiger partial charge in [0, 0.05) is 65.8 Å². The average Bonchev–Trinajstić information content (AvgIpc) is 3.32. The third-order valence-electron chi connectivity index (χ3n) is 13.0. The molecule has 4 aliphatic heterocycles. The Bertz CT molecular complexity index is 3330. The monoisotopic (exact) mass is 856 g/mol. The highest BCUT2D eigenvalue weighted by molar-refractivity contribution is 8.00. The smallest absolute Gasteiger partial charge is 0.249 e. The lowest BCUT2D eigenvalue weighted by molar-refractivity contribution is 0.481. The summed E-state index contributed by atoms with van der Waals surface area (Å²) in [5, 5.41) is 0. The summed E-state index contributed by atoms with van der Waals surface area (Å²) in [6, 6.07) is 69.9. The highest BCUT2D eigenvalue weighted by atomic mass is 32.2. The van der Waals surface area contributed by atoms with Crippen LogP contribution >= 0.6 is 23.5 Å². The normalized spacial score (nSPS) is 13.5. The number of benzene rings is 9. The molecule has 4 aliphatic rings. The molecule has 0 fully saturated rings. The topological polar surface area (TPSA) is 24.9 Å². The van der Waals surface area contributed by atoms with Gasteiger partial charge >= 0.3 is 0 Å². The van der Waals surface area contributed by atoms with Crippen LogP contribution in [0.1, 0.15) is 11.1 Å². The van der Waals surface area contributed by atoms with Crippen molar-refractivity contribution >= 4 is 104 Å². The van der Waals surface area contributed by atoms with Crippen molar-refractivity contribution in [2.45, 2.75) is 33.4 Å². The summed E-state index contributed by atoms with van der Waals surface area (Å²) in [6.45, 7) is 4.49. The van der Waals surface area contributed by atoms with Crippen molar-refractivity contribution in [2.75, 3.05) is 9.80 Å². The van der Waals surface area contributed by atoms with E-state index >= 15 is 0 Å². The molecule has 0 N–H and O–H groups in total. The fraction of sp³-hybridized carbons (Fsp3) is 0.0357. The Morgan fingerprint density at radius 1 is 0.359 bits per heavy atom. The lowest BCUT2D eigenvalue weighted by Crippen LogP contribution is -2.64. The van der Waals surface area contributed by atoms with Crippen LogP contribution in [0.15, 0.2) is 214 Å². The fourth-order valence-electron chi connectivity index (χ4n) is 10.4. The lowest BCUT2D eigenvalue weighted by Gasteiger charge is -2.44. The molecule has 9 aromatic rings. The van der Waals surface area contributed by atoms with Crippen LogP contribution in [-0.2, 0) is 0 Å². The molecule has 0 saturated carbocycles. The summed E-state index contributed by atoms with van der Waals surface area (Å²) in [5.41, 5.74) is 17.3. The lowest BCUT2D eigenvalue weighted by atomic mass is 9.31. The molecular weight excluding hydrogens is 818 g/mol. The minimum Gasteiger partial charge on any atom is -0.457 e. The van der Waals surface area contributed by atoms with E-state index in [-0.39, 0.29) is 13.4 Å². The van der Waals surface area contributed by atoms with Crippen LogP contribution in [0.3, 0.4) is 0 Å². The first-order valence-corrected chi connectivity index (χ1v) is 23.4. The van der Waals surface area contributed by atoms with Gasteiger partial charge in [-0.25, -0.2) is 0 Å². The van der Waals surface area contributed by atoms with Gasteiger partial charge in [-0.3, -0.25) is 0 Å². The van der Waals surface area contributed by atoms with E-state index in [9.17, 15) is 0 Å². The highest BCUT2D eigenvalue weighted by Gasteiger charge is 2.47. The standard InChI is InChI=1S/C56H38B2N2O2S2/c1-35-26-27-50-45(28-35)57-43-33-44-47(34-46(43)59(37-17-7-3-8-18-37)48-29-41(31-52(63-50)55(48)57)61-39-21-11-5-12-22-39)60(38-19-9-4-10-20-38)49-30-42(62-40-23-13-6-14-24-40)32-53-56(49)58(44)54-36(2)16-15-25-51(54)64-53/h3-34H,1-2H3. The van der Waals surface area contributed by atoms with E-state index < -0.39 is 0 Å². The summed E-state index contributed by atoms with van der Waals surface area (Å²) in [4.78, 5) is 9.97. The minimum absolute atomic E-state index is 0.00359. The molecule has 9 aromatic carbocycles. The van der Waals surface area contributed by atoms with Crippen molar-refractivity contribution in [3.8, 4) is 23.0 Å². The second-order valence-electron chi connectivity index (χ2n) is 16.9. The molecule has 4 nitrogen and oxygen atoms in total. The molecule has 4 heterocycles. The maximum Gasteiger partial charge on any atom is 0.249 e. The third kappa shape index (κ3) is 5.97. The Balaban J connectivity index is 1.12. The molecule has 0 saturated heterocycles. The van der Waals surface area contributed by atoms with Gasteiger partial charge in [-0.05, 0) is 115 Å². The zero-order valence-corrected chi connectivity index (χ0v) is 36.8. The number of fused-ring (bicyclic) bond motifs is 8. The molecule has 0 amide bonds. The second kappa shape index (κ2) is 14.8. The summed E-state index contributed by atoms with van der Waals surface area (Å²) in [6.07, 6.45) is 0. The molecule has 13 rings (SSSR count). The van der Waals surface area contributed by atoms with E-state index in [1.54, 1.807) is 0 Å². The van der Waals surface area contributed by atoms with E-state index in [4.69, 9.17) is 9.47 Å². The molecule has 0 radical (unpaired) electrons. The van der Waals surface area contributed by atoms with Gasteiger partial charge in [0.1, 0.15) is 23.0 Å². The zero-order chi connectivity index (χ0) is 42.5. The first-order valence-electron chi connectivity index (χ1n) is 21.8. The molecular formula is C56H38B2N2O2S2. The van der Waals surface area contributed by atoms with Gasteiger partial charge in [-0.2, -0.15) is 0 Å². The summed E-state index contributed by atoms with van der Waals surface area (Å²) in [5.74, 6) is 3.25. The first-order chi connectivity index (χ1) is 31.5. The van der Waals surface area contributed by atoms with Crippen LogP contribution in [0.25, 0.3) is 0 Å². The highest BCUT2D eigenvalue weighted by Crippen LogP contribution is 2.49. The number of anilines is 6. The second-order valence-corrected chi connectivity index (χ2v) is 19.1. The van der Waals surface area contributed by atoms with Crippen LogP contribution in [0.4, 0.5) is 34.1 Å². The van der Waals surface area contributed by atoms with Crippen LogP contribution in [0.2, 0.25) is 0 Å². The third-order valence-corrected chi connectivity index (χ3v) is 15.3. The van der Waals surface area contributed by atoms with Crippen molar-refractivity contribution in [3.05, 3.63) is 205 Å². The Morgan fingerprint density at radius 3 is 1.45 bits per heavy atom. The predicted molar refractivity (Wildman–Crippen MR) is 269 cm³/mol. The number of rotatable bonds is 6. The number of nitrogens with zero attached hydrogens (tertiary/aromatic N) is 2. The molecule has 0 aliphatic carbocycles. The van der Waals surface area contributed by atoms with Crippen molar-refractivity contribution in [2.24, 2.45) is 0 Å². The molecule has 0 aromatic heterocycles. The Hall–Kier alpha value is -6.99. The molecule has 0 unspecified atom stereocenters. The Labute approximate surface area is 382 Å².